The number of nitrogens with one attached hydrogen (secondary N) is 4. The van der Waals surface area contributed by atoms with E-state index in [9.17, 15) is 29.4 Å². The number of amides is 3. The minimum Gasteiger partial charge on any atom is -0.480 e. The van der Waals surface area contributed by atoms with Crippen molar-refractivity contribution in [2.45, 2.75) is 57.3 Å². The number of hydrogen-bond donors (Lipinski definition) is 7. The highest BCUT2D eigenvalue weighted by Crippen LogP contribution is 2.09. The van der Waals surface area contributed by atoms with E-state index in [0.717, 1.165) is 5.56 Å². The summed E-state index contributed by atoms with van der Waals surface area (Å²) in [6.45, 7) is 2.75. The molecule has 0 saturated heterocycles. The van der Waals surface area contributed by atoms with Crippen molar-refractivity contribution >= 4 is 23.7 Å². The van der Waals surface area contributed by atoms with Gasteiger partial charge in [0.25, 0.3) is 0 Å². The zero-order chi connectivity index (χ0) is 26.7. The number of aliphatic hydroxyl groups is 1. The first-order chi connectivity index (χ1) is 17.2. The van der Waals surface area contributed by atoms with E-state index in [2.05, 4.69) is 25.9 Å². The molecule has 0 bridgehead atoms. The van der Waals surface area contributed by atoms with Crippen LogP contribution in [0.3, 0.4) is 0 Å². The second kappa shape index (κ2) is 14.0. The number of imidazole rings is 1. The van der Waals surface area contributed by atoms with Crippen molar-refractivity contribution in [2.75, 3.05) is 6.61 Å². The van der Waals surface area contributed by atoms with E-state index in [1.807, 2.05) is 30.3 Å². The smallest absolute Gasteiger partial charge is 0.326 e. The molecular weight excluding hydrogens is 468 g/mol. The third-order valence-electron chi connectivity index (χ3n) is 5.84. The van der Waals surface area contributed by atoms with Gasteiger partial charge in [-0.25, -0.2) is 9.78 Å². The molecule has 0 spiro atoms. The van der Waals surface area contributed by atoms with Crippen LogP contribution in [0.2, 0.25) is 0 Å². The van der Waals surface area contributed by atoms with Crippen LogP contribution in [0.5, 0.6) is 0 Å². The molecule has 5 unspecified atom stereocenters. The maximum absolute atomic E-state index is 13.0. The number of hydrogen-bond acceptors (Lipinski definition) is 7. The number of benzene rings is 1. The van der Waals surface area contributed by atoms with Gasteiger partial charge in [0.1, 0.15) is 18.1 Å². The molecule has 0 aliphatic heterocycles. The molecule has 0 aliphatic carbocycles. The highest BCUT2D eigenvalue weighted by molar-refractivity contribution is 5.94. The monoisotopic (exact) mass is 502 g/mol. The molecule has 0 aliphatic rings. The number of carbonyl (C=O) groups excluding carboxylic acids is 3. The second-order valence-corrected chi connectivity index (χ2v) is 8.59. The molecular formula is C24H34N6O6. The molecule has 12 heteroatoms. The number of carbonyl (C=O) groups is 4. The van der Waals surface area contributed by atoms with Gasteiger partial charge in [-0.1, -0.05) is 50.6 Å². The predicted molar refractivity (Wildman–Crippen MR) is 130 cm³/mol. The van der Waals surface area contributed by atoms with Crippen molar-refractivity contribution < 1.29 is 29.4 Å². The third-order valence-corrected chi connectivity index (χ3v) is 5.84. The second-order valence-electron chi connectivity index (χ2n) is 8.59. The Hall–Kier alpha value is -3.77. The molecule has 36 heavy (non-hydrogen) atoms. The van der Waals surface area contributed by atoms with E-state index >= 15 is 0 Å². The lowest BCUT2D eigenvalue weighted by atomic mass is 9.98. The number of carboxylic acids is 1. The van der Waals surface area contributed by atoms with Crippen LogP contribution < -0.4 is 21.7 Å². The van der Waals surface area contributed by atoms with Gasteiger partial charge in [-0.15, -0.1) is 0 Å². The largest absolute Gasteiger partial charge is 0.480 e. The molecule has 0 saturated carbocycles. The topological polar surface area (TPSA) is 200 Å². The number of nitrogens with zero attached hydrogens (tertiary/aromatic N) is 1. The SMILES string of the molecule is CCC(C)C(NC(=O)C(Cc1cnc[nH]1)NC(=O)C(CO)NC(=O)C(N)Cc1ccccc1)C(=O)O. The van der Waals surface area contributed by atoms with Crippen molar-refractivity contribution in [3.05, 3.63) is 54.1 Å². The Bertz CT molecular complexity index is 1000. The van der Waals surface area contributed by atoms with Gasteiger partial charge in [-0.2, -0.15) is 0 Å². The van der Waals surface area contributed by atoms with Gasteiger partial charge in [0.05, 0.1) is 19.0 Å². The number of aromatic nitrogens is 2. The van der Waals surface area contributed by atoms with Crippen LogP contribution >= 0.6 is 0 Å². The predicted octanol–water partition coefficient (Wildman–Crippen LogP) is -0.900. The number of aliphatic carboxylic acids is 1. The summed E-state index contributed by atoms with van der Waals surface area (Å²) < 4.78 is 0. The number of nitrogens with two attached hydrogens (primary N) is 1. The summed E-state index contributed by atoms with van der Waals surface area (Å²) in [4.78, 5) is 56.8. The van der Waals surface area contributed by atoms with E-state index in [-0.39, 0.29) is 18.8 Å². The van der Waals surface area contributed by atoms with Gasteiger partial charge in [-0.3, -0.25) is 14.4 Å². The van der Waals surface area contributed by atoms with Crippen molar-refractivity contribution in [1.82, 2.24) is 25.9 Å². The summed E-state index contributed by atoms with van der Waals surface area (Å²) in [6.07, 6.45) is 3.57. The number of aliphatic hydroxyl groups excluding tert-OH is 1. The molecule has 2 aromatic rings. The zero-order valence-electron chi connectivity index (χ0n) is 20.3. The summed E-state index contributed by atoms with van der Waals surface area (Å²) in [7, 11) is 0. The minimum absolute atomic E-state index is 0.0238. The Balaban J connectivity index is 2.09. The van der Waals surface area contributed by atoms with E-state index < -0.39 is 54.5 Å². The van der Waals surface area contributed by atoms with Gasteiger partial charge in [0.2, 0.25) is 17.7 Å². The molecule has 196 valence electrons. The average molecular weight is 503 g/mol. The Labute approximate surface area is 209 Å². The summed E-state index contributed by atoms with van der Waals surface area (Å²) in [5.41, 5.74) is 7.30. The van der Waals surface area contributed by atoms with Crippen LogP contribution in [0.25, 0.3) is 0 Å². The minimum atomic E-state index is -1.37. The average Bonchev–Trinajstić information content (AvgIpc) is 3.38. The van der Waals surface area contributed by atoms with Crippen LogP contribution in [-0.2, 0) is 32.0 Å². The van der Waals surface area contributed by atoms with Gasteiger partial charge in [-0.05, 0) is 17.9 Å². The van der Waals surface area contributed by atoms with Gasteiger partial charge < -0.3 is 36.9 Å². The van der Waals surface area contributed by atoms with Crippen molar-refractivity contribution in [2.24, 2.45) is 11.7 Å². The summed E-state index contributed by atoms with van der Waals surface area (Å²) in [6, 6.07) is 4.37. The summed E-state index contributed by atoms with van der Waals surface area (Å²) in [5, 5.41) is 26.6. The Morgan fingerprint density at radius 1 is 1.00 bits per heavy atom. The first kappa shape index (κ1) is 28.5. The normalized spacial score (nSPS) is 15.1. The van der Waals surface area contributed by atoms with Gasteiger partial charge in [0, 0.05) is 18.3 Å². The van der Waals surface area contributed by atoms with Crippen LogP contribution in [0.15, 0.2) is 42.9 Å². The molecule has 1 aromatic heterocycles. The highest BCUT2D eigenvalue weighted by atomic mass is 16.4. The number of H-pyrrole nitrogens is 1. The van der Waals surface area contributed by atoms with Crippen LogP contribution in [0, 0.1) is 5.92 Å². The quantitative estimate of drug-likeness (QED) is 0.172. The van der Waals surface area contributed by atoms with E-state index in [4.69, 9.17) is 5.73 Å². The molecule has 1 heterocycles. The lowest BCUT2D eigenvalue weighted by Crippen LogP contribution is -2.59. The summed E-state index contributed by atoms with van der Waals surface area (Å²) in [5.74, 6) is -3.75. The van der Waals surface area contributed by atoms with Crippen molar-refractivity contribution in [1.29, 1.82) is 0 Å². The molecule has 0 fully saturated rings. The Morgan fingerprint density at radius 3 is 2.19 bits per heavy atom. The fraction of sp³-hybridized carbons (Fsp3) is 0.458. The van der Waals surface area contributed by atoms with E-state index in [1.165, 1.54) is 12.5 Å². The van der Waals surface area contributed by atoms with Gasteiger partial charge >= 0.3 is 5.97 Å². The van der Waals surface area contributed by atoms with Crippen molar-refractivity contribution in [3.63, 3.8) is 0 Å². The molecule has 3 amide bonds. The highest BCUT2D eigenvalue weighted by Gasteiger charge is 2.32. The fourth-order valence-corrected chi connectivity index (χ4v) is 3.47. The Kier molecular flexibility index (Phi) is 11.0. The summed E-state index contributed by atoms with van der Waals surface area (Å²) >= 11 is 0. The number of aromatic amines is 1. The lowest BCUT2D eigenvalue weighted by Gasteiger charge is -2.26. The molecule has 2 rings (SSSR count). The maximum atomic E-state index is 13.0. The Morgan fingerprint density at radius 2 is 1.64 bits per heavy atom. The molecule has 0 radical (unpaired) electrons. The van der Waals surface area contributed by atoms with Crippen LogP contribution in [-0.4, -0.2) is 74.6 Å². The molecule has 12 nitrogen and oxygen atoms in total. The number of rotatable bonds is 14. The maximum Gasteiger partial charge on any atom is 0.326 e. The van der Waals surface area contributed by atoms with Crippen molar-refractivity contribution in [3.8, 4) is 0 Å². The van der Waals surface area contributed by atoms with Gasteiger partial charge in [0.15, 0.2) is 0 Å². The third kappa shape index (κ3) is 8.47. The molecule has 5 atom stereocenters. The lowest BCUT2D eigenvalue weighted by molar-refractivity contribution is -0.143. The first-order valence-corrected chi connectivity index (χ1v) is 11.7. The van der Waals surface area contributed by atoms with E-state index in [0.29, 0.717) is 12.1 Å². The first-order valence-electron chi connectivity index (χ1n) is 11.7. The molecule has 1 aromatic carbocycles. The van der Waals surface area contributed by atoms with Crippen LogP contribution in [0.1, 0.15) is 31.5 Å². The molecule has 8 N–H and O–H groups in total. The fourth-order valence-electron chi connectivity index (χ4n) is 3.47. The van der Waals surface area contributed by atoms with E-state index in [1.54, 1.807) is 13.8 Å². The van der Waals surface area contributed by atoms with Crippen LogP contribution in [0.4, 0.5) is 0 Å². The number of carboxylic acid groups (broad SMARTS) is 1. The zero-order valence-corrected chi connectivity index (χ0v) is 20.3. The standard InChI is InChI=1S/C24H34N6O6/c1-3-14(2)20(24(35)36)30-22(33)18(10-16-11-26-13-27-16)28-23(34)19(12-31)29-21(32)17(25)9-15-7-5-4-6-8-15/h4-8,11,13-14,17-20,31H,3,9-10,12,25H2,1-2H3,(H,26,27)(H,28,34)(H,29,32)(H,30,33)(H,35,36).